The van der Waals surface area contributed by atoms with E-state index >= 15 is 0 Å². The van der Waals surface area contributed by atoms with Crippen LogP contribution in [-0.2, 0) is 16.0 Å². The zero-order chi connectivity index (χ0) is 23.7. The predicted molar refractivity (Wildman–Crippen MR) is 120 cm³/mol. The molecule has 1 aromatic carbocycles. The summed E-state index contributed by atoms with van der Waals surface area (Å²) >= 11 is 2.09. The summed E-state index contributed by atoms with van der Waals surface area (Å²) in [6.45, 7) is 5.41. The van der Waals surface area contributed by atoms with Crippen LogP contribution in [0.5, 0.6) is 0 Å². The summed E-state index contributed by atoms with van der Waals surface area (Å²) in [6, 6.07) is 4.59. The number of sulfone groups is 1. The molecule has 12 heteroatoms. The Bertz CT molecular complexity index is 1080. The zero-order valence-electron chi connectivity index (χ0n) is 17.8. The van der Waals surface area contributed by atoms with E-state index in [-0.39, 0.29) is 15.9 Å². The fourth-order valence-electron chi connectivity index (χ4n) is 3.10. The molecule has 0 unspecified atom stereocenters. The molecule has 0 radical (unpaired) electrons. The smallest absolute Gasteiger partial charge is 0.345 e. The molecule has 0 spiro atoms. The molecule has 2 heterocycles. The lowest BCUT2D eigenvalue weighted by molar-refractivity contribution is -0.134. The van der Waals surface area contributed by atoms with E-state index in [0.29, 0.717) is 53.9 Å². The van der Waals surface area contributed by atoms with E-state index in [0.717, 1.165) is 18.2 Å². The quantitative estimate of drug-likeness (QED) is 0.544. The third-order valence-electron chi connectivity index (χ3n) is 4.79. The number of hydrogen-bond donors (Lipinski definition) is 0. The van der Waals surface area contributed by atoms with Gasteiger partial charge in [0.1, 0.15) is 4.88 Å². The molecule has 0 aliphatic carbocycles. The van der Waals surface area contributed by atoms with Gasteiger partial charge >= 0.3 is 6.18 Å². The van der Waals surface area contributed by atoms with Crippen LogP contribution in [0.4, 0.5) is 18.3 Å². The molecule has 1 fully saturated rings. The Morgan fingerprint density at radius 1 is 1.22 bits per heavy atom. The first kappa shape index (κ1) is 24.8. The average Bonchev–Trinajstić information content (AvgIpc) is 3.22. The number of thiazole rings is 1. The Morgan fingerprint density at radius 2 is 1.88 bits per heavy atom. The fourth-order valence-corrected chi connectivity index (χ4v) is 5.56. The number of alkyl halides is 3. The summed E-state index contributed by atoms with van der Waals surface area (Å²) in [7, 11) is -3.48. The molecule has 0 atom stereocenters. The van der Waals surface area contributed by atoms with E-state index in [1.165, 1.54) is 23.9 Å². The Morgan fingerprint density at radius 3 is 2.41 bits per heavy atom. The van der Waals surface area contributed by atoms with E-state index in [4.69, 9.17) is 0 Å². The second-order valence-electron chi connectivity index (χ2n) is 7.92. The van der Waals surface area contributed by atoms with Crippen molar-refractivity contribution in [3.05, 3.63) is 34.8 Å². The van der Waals surface area contributed by atoms with Gasteiger partial charge in [-0.25, -0.2) is 13.4 Å². The van der Waals surface area contributed by atoms with Crippen molar-refractivity contribution in [3.8, 4) is 0 Å². The largest absolute Gasteiger partial charge is 0.427 e. The van der Waals surface area contributed by atoms with Crippen LogP contribution in [-0.4, -0.2) is 62.4 Å². The van der Waals surface area contributed by atoms with E-state index in [2.05, 4.69) is 18.8 Å². The van der Waals surface area contributed by atoms with Crippen molar-refractivity contribution < 1.29 is 26.4 Å². The number of carbonyl (C=O) groups excluding carboxylic acids is 1. The van der Waals surface area contributed by atoms with Crippen LogP contribution in [0, 0.1) is 5.92 Å². The maximum absolute atomic E-state index is 13.3. The molecular weight excluding hydrogens is 483 g/mol. The van der Waals surface area contributed by atoms with Gasteiger partial charge in [-0.2, -0.15) is 13.2 Å². The fraction of sp³-hybridized carbons (Fsp3) is 0.500. The van der Waals surface area contributed by atoms with Crippen molar-refractivity contribution >= 4 is 44.0 Å². The van der Waals surface area contributed by atoms with Crippen LogP contribution < -0.4 is 4.90 Å². The van der Waals surface area contributed by atoms with Crippen molar-refractivity contribution in [1.82, 2.24) is 9.88 Å². The van der Waals surface area contributed by atoms with Crippen LogP contribution in [0.15, 0.2) is 34.2 Å². The average molecular weight is 508 g/mol. The minimum atomic E-state index is -4.43. The van der Waals surface area contributed by atoms with Gasteiger partial charge in [-0.15, -0.1) is 11.8 Å². The van der Waals surface area contributed by atoms with Gasteiger partial charge in [0, 0.05) is 43.1 Å². The number of aromatic nitrogens is 1. The monoisotopic (exact) mass is 507 g/mol. The number of piperazine rings is 1. The lowest BCUT2D eigenvalue weighted by Gasteiger charge is -2.35. The highest BCUT2D eigenvalue weighted by atomic mass is 32.2. The van der Waals surface area contributed by atoms with Crippen molar-refractivity contribution in [2.24, 2.45) is 5.92 Å². The van der Waals surface area contributed by atoms with E-state index in [1.807, 2.05) is 0 Å². The number of benzene rings is 1. The van der Waals surface area contributed by atoms with Crippen molar-refractivity contribution in [2.75, 3.05) is 43.1 Å². The van der Waals surface area contributed by atoms with E-state index < -0.39 is 20.9 Å². The highest BCUT2D eigenvalue weighted by Gasteiger charge is 2.34. The first-order valence-electron chi connectivity index (χ1n) is 9.90. The molecule has 1 aromatic heterocycles. The maximum Gasteiger partial charge on any atom is 0.427 e. The maximum atomic E-state index is 13.3. The van der Waals surface area contributed by atoms with Crippen LogP contribution in [0.2, 0.25) is 0 Å². The lowest BCUT2D eigenvalue weighted by atomic mass is 10.2. The van der Waals surface area contributed by atoms with Crippen molar-refractivity contribution in [1.29, 1.82) is 0 Å². The van der Waals surface area contributed by atoms with Crippen molar-refractivity contribution in [2.45, 2.75) is 29.8 Å². The van der Waals surface area contributed by atoms with Gasteiger partial charge in [0.2, 0.25) is 0 Å². The molecule has 6 nitrogen and oxygen atoms in total. The molecule has 1 saturated heterocycles. The number of thioether (sulfide) groups is 1. The number of hydrogen-bond acceptors (Lipinski definition) is 7. The molecule has 1 amide bonds. The molecule has 2 aromatic rings. The van der Waals surface area contributed by atoms with E-state index in [9.17, 15) is 26.4 Å². The topological polar surface area (TPSA) is 70.6 Å². The number of halogens is 3. The summed E-state index contributed by atoms with van der Waals surface area (Å²) in [6.07, 6.45) is -2.51. The molecule has 0 bridgehead atoms. The number of rotatable bonds is 6. The number of nitrogens with zero attached hydrogens (tertiary/aromatic N) is 3. The van der Waals surface area contributed by atoms with Crippen LogP contribution in [0.25, 0.3) is 0 Å². The summed E-state index contributed by atoms with van der Waals surface area (Å²) in [5, 5.41) is 0.275. The Balaban J connectivity index is 1.76. The molecule has 1 aliphatic heterocycles. The standard InChI is InChI=1S/C20H24F3N3O3S3/c1-13(2)12-30-16-5-4-14(32(3,28)29)10-15(16)18(27)25-6-8-26(9-7-25)19-24-11-17(31-19)20(21,22)23/h4-5,10-11,13H,6-9,12H2,1-3H3. The summed E-state index contributed by atoms with van der Waals surface area (Å²) < 4.78 is 62.6. The SMILES string of the molecule is CC(C)CSc1ccc(S(C)(=O)=O)cc1C(=O)N1CCN(c2ncc(C(F)(F)F)s2)CC1. The van der Waals surface area contributed by atoms with E-state index in [1.54, 1.807) is 15.9 Å². The van der Waals surface area contributed by atoms with Gasteiger partial charge in [0.05, 0.1) is 16.7 Å². The van der Waals surface area contributed by atoms with Crippen LogP contribution >= 0.6 is 23.1 Å². The number of carbonyl (C=O) groups is 1. The minimum Gasteiger partial charge on any atom is -0.345 e. The molecule has 1 aliphatic rings. The summed E-state index contributed by atoms with van der Waals surface area (Å²) in [4.78, 5) is 20.5. The number of anilines is 1. The molecule has 3 rings (SSSR count). The molecule has 176 valence electrons. The minimum absolute atomic E-state index is 0.0795. The Kier molecular flexibility index (Phi) is 7.45. The first-order valence-corrected chi connectivity index (χ1v) is 13.6. The summed E-state index contributed by atoms with van der Waals surface area (Å²) in [5.74, 6) is 0.884. The summed E-state index contributed by atoms with van der Waals surface area (Å²) in [5.41, 5.74) is 0.334. The van der Waals surface area contributed by atoms with Gasteiger partial charge < -0.3 is 9.80 Å². The molecule has 32 heavy (non-hydrogen) atoms. The van der Waals surface area contributed by atoms with Gasteiger partial charge in [0.25, 0.3) is 5.91 Å². The first-order chi connectivity index (χ1) is 14.9. The molecular formula is C20H24F3N3O3S3. The molecule has 0 N–H and O–H groups in total. The Hall–Kier alpha value is -1.79. The van der Waals surface area contributed by atoms with Gasteiger partial charge in [-0.1, -0.05) is 25.2 Å². The normalized spacial score (nSPS) is 15.5. The van der Waals surface area contributed by atoms with Gasteiger partial charge in [-0.3, -0.25) is 4.79 Å². The predicted octanol–water partition coefficient (Wildman–Crippen LogP) is 4.28. The lowest BCUT2D eigenvalue weighted by Crippen LogP contribution is -2.48. The Labute approximate surface area is 193 Å². The third-order valence-corrected chi connectivity index (χ3v) is 8.51. The molecule has 0 saturated carbocycles. The van der Waals surface area contributed by atoms with Crippen LogP contribution in [0.1, 0.15) is 29.1 Å². The third kappa shape index (κ3) is 5.96. The highest BCUT2D eigenvalue weighted by Crippen LogP contribution is 2.36. The number of amides is 1. The second kappa shape index (κ2) is 9.60. The second-order valence-corrected chi connectivity index (χ2v) is 12.0. The van der Waals surface area contributed by atoms with Crippen molar-refractivity contribution in [3.63, 3.8) is 0 Å². The van der Waals surface area contributed by atoms with Gasteiger partial charge in [0.15, 0.2) is 15.0 Å². The van der Waals surface area contributed by atoms with Gasteiger partial charge in [-0.05, 0) is 24.1 Å². The van der Waals surface area contributed by atoms with Crippen LogP contribution in [0.3, 0.4) is 0 Å². The highest BCUT2D eigenvalue weighted by molar-refractivity contribution is 7.99. The zero-order valence-corrected chi connectivity index (χ0v) is 20.3.